The first kappa shape index (κ1) is 26.6. The lowest BCUT2D eigenvalue weighted by molar-refractivity contribution is -0.0861. The number of hydrogen-bond acceptors (Lipinski definition) is 3. The number of aliphatic imine (C=N–C) groups is 1. The fourth-order valence-corrected chi connectivity index (χ4v) is 5.76. The first-order valence-electron chi connectivity index (χ1n) is 11.6. The Kier molecular flexibility index (Phi) is 8.44. The van der Waals surface area contributed by atoms with Gasteiger partial charge in [0, 0.05) is 29.0 Å². The highest BCUT2D eigenvalue weighted by Crippen LogP contribution is 2.43. The lowest BCUT2D eigenvalue weighted by Crippen LogP contribution is -2.28. The number of nitrogens with one attached hydrogen (secondary N) is 2. The van der Waals surface area contributed by atoms with Gasteiger partial charge < -0.3 is 15.2 Å². The van der Waals surface area contributed by atoms with Crippen molar-refractivity contribution in [1.82, 2.24) is 0 Å². The molecule has 0 fully saturated rings. The van der Waals surface area contributed by atoms with E-state index in [0.29, 0.717) is 23.7 Å². The lowest BCUT2D eigenvalue weighted by atomic mass is 10.1. The maximum absolute atomic E-state index is 13.8. The average Bonchev–Trinajstić information content (AvgIpc) is 2.83. The SMILES string of the molecule is C/C=C(\C(=N/C(C)Nc1ccc(P(=O)(CC)CC)cc1)Nc1ccc2ccccc2c1)C(F)(F)F. The summed E-state index contributed by atoms with van der Waals surface area (Å²) in [6.07, 6.45) is -3.04. The summed E-state index contributed by atoms with van der Waals surface area (Å²) in [5.41, 5.74) is 0.349. The van der Waals surface area contributed by atoms with Crippen LogP contribution >= 0.6 is 7.14 Å². The molecule has 0 radical (unpaired) electrons. The number of allylic oxidation sites excluding steroid dienone is 1. The van der Waals surface area contributed by atoms with Crippen molar-refractivity contribution in [2.75, 3.05) is 23.0 Å². The Labute approximate surface area is 204 Å². The van der Waals surface area contributed by atoms with E-state index in [-0.39, 0.29) is 5.84 Å². The van der Waals surface area contributed by atoms with Crippen LogP contribution in [0.1, 0.15) is 27.7 Å². The largest absolute Gasteiger partial charge is 0.419 e. The zero-order valence-corrected chi connectivity index (χ0v) is 21.3. The second-order valence-electron chi connectivity index (χ2n) is 8.25. The number of hydrogen-bond donors (Lipinski definition) is 2. The molecule has 3 aromatic rings. The monoisotopic (exact) mass is 501 g/mol. The summed E-state index contributed by atoms with van der Waals surface area (Å²) in [6.45, 7) is 6.85. The van der Waals surface area contributed by atoms with Crippen molar-refractivity contribution in [3.05, 3.63) is 78.4 Å². The van der Waals surface area contributed by atoms with Gasteiger partial charge in [0.2, 0.25) is 0 Å². The minimum Gasteiger partial charge on any atom is -0.364 e. The third-order valence-electron chi connectivity index (χ3n) is 5.92. The molecule has 0 aliphatic carbocycles. The smallest absolute Gasteiger partial charge is 0.364 e. The number of halogens is 3. The van der Waals surface area contributed by atoms with Gasteiger partial charge in [-0.1, -0.05) is 50.3 Å². The zero-order chi connectivity index (χ0) is 25.6. The number of alkyl halides is 3. The van der Waals surface area contributed by atoms with Crippen molar-refractivity contribution in [2.45, 2.75) is 40.0 Å². The third kappa shape index (κ3) is 6.55. The molecule has 0 bridgehead atoms. The summed E-state index contributed by atoms with van der Waals surface area (Å²) < 4.78 is 54.3. The second kappa shape index (κ2) is 11.1. The Bertz CT molecular complexity index is 1260. The summed E-state index contributed by atoms with van der Waals surface area (Å²) in [5.74, 6) is -0.270. The van der Waals surface area contributed by atoms with Crippen molar-refractivity contribution in [3.63, 3.8) is 0 Å². The first-order chi connectivity index (χ1) is 16.6. The fraction of sp³-hybridized carbons (Fsp3) is 0.296. The molecule has 0 aliphatic rings. The predicted molar refractivity (Wildman–Crippen MR) is 143 cm³/mol. The third-order valence-corrected chi connectivity index (χ3v) is 9.20. The molecule has 0 aromatic heterocycles. The van der Waals surface area contributed by atoms with Crippen molar-refractivity contribution in [3.8, 4) is 0 Å². The normalized spacial score (nSPS) is 14.1. The van der Waals surface area contributed by atoms with E-state index in [4.69, 9.17) is 0 Å². The fourth-order valence-electron chi connectivity index (χ4n) is 3.89. The Balaban J connectivity index is 1.88. The Morgan fingerprint density at radius 1 is 0.971 bits per heavy atom. The average molecular weight is 502 g/mol. The van der Waals surface area contributed by atoms with Gasteiger partial charge >= 0.3 is 6.18 Å². The van der Waals surface area contributed by atoms with Gasteiger partial charge in [-0.05, 0) is 61.0 Å². The molecule has 3 aromatic carbocycles. The molecule has 0 aliphatic heterocycles. The van der Waals surface area contributed by atoms with Gasteiger partial charge in [-0.2, -0.15) is 13.2 Å². The highest BCUT2D eigenvalue weighted by molar-refractivity contribution is 7.71. The van der Waals surface area contributed by atoms with E-state index < -0.39 is 25.1 Å². The quantitative estimate of drug-likeness (QED) is 0.189. The van der Waals surface area contributed by atoms with E-state index in [9.17, 15) is 17.7 Å². The minimum absolute atomic E-state index is 0.270. The van der Waals surface area contributed by atoms with E-state index >= 15 is 0 Å². The van der Waals surface area contributed by atoms with Gasteiger partial charge in [0.15, 0.2) is 0 Å². The molecule has 0 saturated carbocycles. The van der Waals surface area contributed by atoms with Crippen LogP contribution in [0.5, 0.6) is 0 Å². The molecule has 186 valence electrons. The lowest BCUT2D eigenvalue weighted by Gasteiger charge is -2.20. The van der Waals surface area contributed by atoms with E-state index in [1.54, 1.807) is 31.2 Å². The molecule has 35 heavy (non-hydrogen) atoms. The molecule has 2 N–H and O–H groups in total. The molecular formula is C27H31F3N3OP. The van der Waals surface area contributed by atoms with E-state index in [1.807, 2.05) is 56.3 Å². The highest BCUT2D eigenvalue weighted by atomic mass is 31.2. The number of fused-ring (bicyclic) bond motifs is 1. The van der Waals surface area contributed by atoms with E-state index in [1.165, 1.54) is 6.92 Å². The molecule has 3 rings (SSSR count). The Morgan fingerprint density at radius 2 is 1.57 bits per heavy atom. The van der Waals surface area contributed by atoms with Crippen molar-refractivity contribution in [1.29, 1.82) is 0 Å². The molecule has 8 heteroatoms. The summed E-state index contributed by atoms with van der Waals surface area (Å²) in [6, 6.07) is 20.2. The van der Waals surface area contributed by atoms with Crippen molar-refractivity contribution in [2.24, 2.45) is 4.99 Å². The van der Waals surface area contributed by atoms with Gasteiger partial charge in [0.1, 0.15) is 19.1 Å². The molecule has 0 saturated heterocycles. The first-order valence-corrected chi connectivity index (χ1v) is 13.7. The highest BCUT2D eigenvalue weighted by Gasteiger charge is 2.36. The van der Waals surface area contributed by atoms with Crippen LogP contribution in [0.2, 0.25) is 0 Å². The Morgan fingerprint density at radius 3 is 2.14 bits per heavy atom. The maximum atomic E-state index is 13.8. The van der Waals surface area contributed by atoms with Crippen LogP contribution in [-0.2, 0) is 4.57 Å². The summed E-state index contributed by atoms with van der Waals surface area (Å²) in [7, 11) is -2.40. The molecule has 4 nitrogen and oxygen atoms in total. The maximum Gasteiger partial charge on any atom is 0.419 e. The van der Waals surface area contributed by atoms with Crippen LogP contribution in [0.15, 0.2) is 83.4 Å². The zero-order valence-electron chi connectivity index (χ0n) is 20.4. The van der Waals surface area contributed by atoms with Gasteiger partial charge in [0.25, 0.3) is 0 Å². The van der Waals surface area contributed by atoms with E-state index in [0.717, 1.165) is 22.2 Å². The van der Waals surface area contributed by atoms with Gasteiger partial charge in [-0.25, -0.2) is 4.99 Å². The summed E-state index contributed by atoms with van der Waals surface area (Å²) in [4.78, 5) is 4.34. The number of amidine groups is 1. The van der Waals surface area contributed by atoms with Gasteiger partial charge in [-0.15, -0.1) is 0 Å². The topological polar surface area (TPSA) is 53.5 Å². The number of anilines is 2. The van der Waals surface area contributed by atoms with Crippen LogP contribution in [0.3, 0.4) is 0 Å². The molecular weight excluding hydrogens is 470 g/mol. The predicted octanol–water partition coefficient (Wildman–Crippen LogP) is 7.65. The number of benzene rings is 3. The number of rotatable bonds is 8. The van der Waals surface area contributed by atoms with Crippen molar-refractivity contribution < 1.29 is 17.7 Å². The minimum atomic E-state index is -4.57. The summed E-state index contributed by atoms with van der Waals surface area (Å²) >= 11 is 0. The number of nitrogens with zero attached hydrogens (tertiary/aromatic N) is 1. The van der Waals surface area contributed by atoms with Gasteiger partial charge in [-0.3, -0.25) is 0 Å². The Hall–Kier alpha value is -3.05. The molecule has 1 atom stereocenters. The van der Waals surface area contributed by atoms with Crippen LogP contribution in [0, 0.1) is 0 Å². The van der Waals surface area contributed by atoms with Crippen LogP contribution in [-0.4, -0.2) is 30.5 Å². The van der Waals surface area contributed by atoms with Crippen LogP contribution in [0.25, 0.3) is 10.8 Å². The van der Waals surface area contributed by atoms with E-state index in [2.05, 4.69) is 15.6 Å². The molecule has 1 unspecified atom stereocenters. The molecule has 0 heterocycles. The molecule has 0 amide bonds. The summed E-state index contributed by atoms with van der Waals surface area (Å²) in [5, 5.41) is 8.70. The molecule has 0 spiro atoms. The van der Waals surface area contributed by atoms with Gasteiger partial charge in [0.05, 0.1) is 5.57 Å². The van der Waals surface area contributed by atoms with Crippen LogP contribution < -0.4 is 15.9 Å². The van der Waals surface area contributed by atoms with Crippen molar-refractivity contribution >= 4 is 40.4 Å². The standard InChI is InChI=1S/C27H31F3N3OP/c1-5-25(27(28,29)30)26(33-23-13-12-20-10-8-9-11-21(20)18-23)32-19(4)31-22-14-16-24(17-15-22)35(34,6-2)7-3/h5,8-19,31H,6-7H2,1-4H3,(H,32,33)/b25-5+. The van der Waals surface area contributed by atoms with Crippen LogP contribution in [0.4, 0.5) is 24.5 Å². The second-order valence-corrected chi connectivity index (χ2v) is 11.8.